The van der Waals surface area contributed by atoms with Gasteiger partial charge < -0.3 is 5.32 Å². The lowest BCUT2D eigenvalue weighted by Crippen LogP contribution is -2.48. The Kier molecular flexibility index (Phi) is 6.20. The molecule has 0 saturated heterocycles. The summed E-state index contributed by atoms with van der Waals surface area (Å²) in [6.07, 6.45) is 1.69. The molecule has 1 heterocycles. The Bertz CT molecular complexity index is 819. The number of hydrogen-bond acceptors (Lipinski definition) is 2. The highest BCUT2D eigenvalue weighted by atomic mass is 79.9. The molecule has 0 spiro atoms. The maximum atomic E-state index is 6.57. The number of aromatic nitrogens is 1. The summed E-state index contributed by atoms with van der Waals surface area (Å²) in [4.78, 5) is 4.36. The van der Waals surface area contributed by atoms with Crippen LogP contribution in [0.4, 0.5) is 5.82 Å². The van der Waals surface area contributed by atoms with Crippen LogP contribution in [0.25, 0.3) is 0 Å². The van der Waals surface area contributed by atoms with Crippen LogP contribution in [-0.2, 0) is 5.54 Å². The highest BCUT2D eigenvalue weighted by Gasteiger charge is 2.51. The van der Waals surface area contributed by atoms with Gasteiger partial charge >= 0.3 is 0 Å². The summed E-state index contributed by atoms with van der Waals surface area (Å²) in [6, 6.07) is 20.9. The van der Waals surface area contributed by atoms with E-state index in [9.17, 15) is 0 Å². The molecule has 2 nitrogen and oxygen atoms in total. The van der Waals surface area contributed by atoms with Crippen molar-refractivity contribution in [3.05, 3.63) is 93.0 Å². The standard InChI is InChI=1S/C19H13Br2Cl3N2/c20-15-8-4-13(5-9-15)18(19(22,23)24,14-6-10-16(21)11-7-14)26-17-3-1-2-12-25-17/h1-12H,(H,25,26). The number of anilines is 1. The molecule has 134 valence electrons. The molecule has 0 radical (unpaired) electrons. The lowest BCUT2D eigenvalue weighted by atomic mass is 9.83. The Labute approximate surface area is 184 Å². The molecule has 0 aliphatic heterocycles. The minimum absolute atomic E-state index is 0.602. The summed E-state index contributed by atoms with van der Waals surface area (Å²) < 4.78 is 0.174. The molecular weight excluding hydrogens is 522 g/mol. The first-order valence-electron chi connectivity index (χ1n) is 7.61. The first-order valence-corrected chi connectivity index (χ1v) is 10.3. The summed E-state index contributed by atoms with van der Waals surface area (Å²) in [6.45, 7) is 0. The fourth-order valence-electron chi connectivity index (χ4n) is 2.74. The SMILES string of the molecule is ClC(Cl)(Cl)C(Nc1ccccn1)(c1ccc(Br)cc1)c1ccc(Br)cc1. The molecule has 3 rings (SSSR count). The van der Waals surface area contributed by atoms with E-state index in [1.54, 1.807) is 6.20 Å². The van der Waals surface area contributed by atoms with E-state index in [1.165, 1.54) is 0 Å². The van der Waals surface area contributed by atoms with Crippen LogP contribution < -0.4 is 5.32 Å². The van der Waals surface area contributed by atoms with Gasteiger partial charge in [-0.25, -0.2) is 4.98 Å². The van der Waals surface area contributed by atoms with Gasteiger partial charge in [-0.3, -0.25) is 0 Å². The van der Waals surface area contributed by atoms with E-state index in [4.69, 9.17) is 34.8 Å². The van der Waals surface area contributed by atoms with Crippen LogP contribution in [-0.4, -0.2) is 8.78 Å². The molecule has 3 aromatic rings. The van der Waals surface area contributed by atoms with Crippen molar-refractivity contribution in [1.82, 2.24) is 4.98 Å². The number of hydrogen-bond donors (Lipinski definition) is 1. The highest BCUT2D eigenvalue weighted by Crippen LogP contribution is 2.51. The van der Waals surface area contributed by atoms with Gasteiger partial charge in [-0.05, 0) is 47.5 Å². The third-order valence-electron chi connectivity index (χ3n) is 3.96. The largest absolute Gasteiger partial charge is 0.353 e. The van der Waals surface area contributed by atoms with Crippen LogP contribution in [0.2, 0.25) is 0 Å². The molecule has 0 unspecified atom stereocenters. The minimum Gasteiger partial charge on any atom is -0.353 e. The monoisotopic (exact) mass is 532 g/mol. The molecule has 2 aromatic carbocycles. The van der Waals surface area contributed by atoms with Gasteiger partial charge in [-0.2, -0.15) is 0 Å². The quantitative estimate of drug-likeness (QED) is 0.354. The number of nitrogens with zero attached hydrogens (tertiary/aromatic N) is 1. The summed E-state index contributed by atoms with van der Waals surface area (Å²) >= 11 is 26.6. The van der Waals surface area contributed by atoms with Gasteiger partial charge in [0.1, 0.15) is 11.4 Å². The molecule has 7 heteroatoms. The van der Waals surface area contributed by atoms with Gasteiger partial charge in [0.25, 0.3) is 0 Å². The summed E-state index contributed by atoms with van der Waals surface area (Å²) in [7, 11) is 0. The number of pyridine rings is 1. The molecule has 0 saturated carbocycles. The summed E-state index contributed by atoms with van der Waals surface area (Å²) in [5.74, 6) is 0.602. The number of alkyl halides is 3. The maximum Gasteiger partial charge on any atom is 0.221 e. The molecule has 0 atom stereocenters. The van der Waals surface area contributed by atoms with Crippen molar-refractivity contribution in [3.8, 4) is 0 Å². The predicted molar refractivity (Wildman–Crippen MR) is 117 cm³/mol. The van der Waals surface area contributed by atoms with E-state index in [2.05, 4.69) is 42.2 Å². The Morgan fingerprint density at radius 1 is 0.731 bits per heavy atom. The third kappa shape index (κ3) is 4.05. The van der Waals surface area contributed by atoms with Crippen molar-refractivity contribution in [1.29, 1.82) is 0 Å². The van der Waals surface area contributed by atoms with E-state index >= 15 is 0 Å². The van der Waals surface area contributed by atoms with Gasteiger partial charge in [0.05, 0.1) is 0 Å². The van der Waals surface area contributed by atoms with Crippen molar-refractivity contribution in [2.24, 2.45) is 0 Å². The predicted octanol–water partition coefficient (Wildman–Crippen LogP) is 7.33. The molecule has 0 aliphatic carbocycles. The Hall–Kier alpha value is -0.780. The Balaban J connectivity index is 2.26. The van der Waals surface area contributed by atoms with Gasteiger partial charge in [0.2, 0.25) is 3.79 Å². The average Bonchev–Trinajstić information content (AvgIpc) is 2.61. The molecule has 1 aromatic heterocycles. The highest BCUT2D eigenvalue weighted by molar-refractivity contribution is 9.10. The summed E-state index contributed by atoms with van der Waals surface area (Å²) in [5, 5.41) is 3.37. The second kappa shape index (κ2) is 8.07. The van der Waals surface area contributed by atoms with Crippen molar-refractivity contribution < 1.29 is 0 Å². The van der Waals surface area contributed by atoms with E-state index in [0.29, 0.717) is 5.82 Å². The van der Waals surface area contributed by atoms with Crippen LogP contribution in [0.15, 0.2) is 81.9 Å². The van der Waals surface area contributed by atoms with E-state index < -0.39 is 9.33 Å². The van der Waals surface area contributed by atoms with Crippen molar-refractivity contribution in [2.75, 3.05) is 5.32 Å². The molecule has 0 amide bonds. The molecular formula is C19H13Br2Cl3N2. The van der Waals surface area contributed by atoms with Crippen molar-refractivity contribution in [3.63, 3.8) is 0 Å². The van der Waals surface area contributed by atoms with Crippen LogP contribution in [0, 0.1) is 0 Å². The van der Waals surface area contributed by atoms with Gasteiger partial charge in [-0.1, -0.05) is 97.0 Å². The first-order chi connectivity index (χ1) is 12.3. The molecule has 0 fully saturated rings. The molecule has 0 bridgehead atoms. The Morgan fingerprint density at radius 2 is 1.23 bits per heavy atom. The van der Waals surface area contributed by atoms with Crippen LogP contribution in [0.1, 0.15) is 11.1 Å². The van der Waals surface area contributed by atoms with Gasteiger partial charge in [-0.15, -0.1) is 0 Å². The molecule has 1 N–H and O–H groups in total. The number of rotatable bonds is 4. The van der Waals surface area contributed by atoms with Crippen molar-refractivity contribution >= 4 is 72.5 Å². The van der Waals surface area contributed by atoms with Gasteiger partial charge in [0, 0.05) is 15.1 Å². The van der Waals surface area contributed by atoms with Crippen LogP contribution in [0.5, 0.6) is 0 Å². The topological polar surface area (TPSA) is 24.9 Å². The van der Waals surface area contributed by atoms with E-state index in [0.717, 1.165) is 20.1 Å². The van der Waals surface area contributed by atoms with Gasteiger partial charge in [0.15, 0.2) is 0 Å². The minimum atomic E-state index is -1.70. The fourth-order valence-corrected chi connectivity index (χ4v) is 4.06. The number of nitrogens with one attached hydrogen (secondary N) is 1. The number of halogens is 5. The normalized spacial score (nSPS) is 12.0. The van der Waals surface area contributed by atoms with Crippen molar-refractivity contribution in [2.45, 2.75) is 9.33 Å². The maximum absolute atomic E-state index is 6.57. The fraction of sp³-hybridized carbons (Fsp3) is 0.105. The Morgan fingerprint density at radius 3 is 1.62 bits per heavy atom. The second-order valence-electron chi connectivity index (χ2n) is 5.60. The zero-order valence-electron chi connectivity index (χ0n) is 13.3. The smallest absolute Gasteiger partial charge is 0.221 e. The van der Waals surface area contributed by atoms with E-state index in [1.807, 2.05) is 66.7 Å². The zero-order chi connectivity index (χ0) is 18.8. The molecule has 0 aliphatic rings. The third-order valence-corrected chi connectivity index (χ3v) is 5.87. The zero-order valence-corrected chi connectivity index (χ0v) is 18.7. The molecule has 26 heavy (non-hydrogen) atoms. The second-order valence-corrected chi connectivity index (χ2v) is 9.71. The van der Waals surface area contributed by atoms with Crippen LogP contribution in [0.3, 0.4) is 0 Å². The lowest BCUT2D eigenvalue weighted by Gasteiger charge is -2.42. The average molecular weight is 535 g/mol. The van der Waals surface area contributed by atoms with Crippen LogP contribution >= 0.6 is 66.7 Å². The first kappa shape index (κ1) is 20.0. The number of benzene rings is 2. The van der Waals surface area contributed by atoms with E-state index in [-0.39, 0.29) is 0 Å². The summed E-state index contributed by atoms with van der Waals surface area (Å²) in [5.41, 5.74) is 0.454. The lowest BCUT2D eigenvalue weighted by molar-refractivity contribution is 0.600.